The lowest BCUT2D eigenvalue weighted by Gasteiger charge is -2.44. The average molecular weight is 307 g/mol. The first kappa shape index (κ1) is 14.9. The molecule has 1 aromatic rings. The van der Waals surface area contributed by atoms with Crippen LogP contribution in [0.3, 0.4) is 0 Å². The van der Waals surface area contributed by atoms with Gasteiger partial charge in [0.25, 0.3) is 0 Å². The van der Waals surface area contributed by atoms with Gasteiger partial charge >= 0.3 is 0 Å². The molecule has 0 unspecified atom stereocenters. The van der Waals surface area contributed by atoms with Crippen LogP contribution in [-0.4, -0.2) is 48.9 Å². The summed E-state index contributed by atoms with van der Waals surface area (Å²) in [5, 5.41) is 0.724. The topological polar surface area (TPSA) is 23.6 Å². The van der Waals surface area contributed by atoms with Gasteiger partial charge in [-0.2, -0.15) is 0 Å². The van der Waals surface area contributed by atoms with Crippen molar-refractivity contribution in [2.45, 2.75) is 31.1 Å². The van der Waals surface area contributed by atoms with Gasteiger partial charge in [-0.15, -0.1) is 0 Å². The maximum absolute atomic E-state index is 13.1. The van der Waals surface area contributed by atoms with Crippen LogP contribution in [0.25, 0.3) is 0 Å². The molecule has 3 rings (SSSR count). The highest BCUT2D eigenvalue weighted by atomic mass is 35.5. The lowest BCUT2D eigenvalue weighted by Crippen LogP contribution is -2.51. The molecule has 1 aliphatic heterocycles. The summed E-state index contributed by atoms with van der Waals surface area (Å²) in [5.41, 5.74) is 0.789. The van der Waals surface area contributed by atoms with Crippen LogP contribution in [0.1, 0.15) is 31.2 Å². The van der Waals surface area contributed by atoms with Crippen LogP contribution < -0.4 is 0 Å². The predicted octanol–water partition coefficient (Wildman–Crippen LogP) is 2.93. The number of nitrogens with zero attached hydrogens (tertiary/aromatic N) is 2. The van der Waals surface area contributed by atoms with Crippen LogP contribution in [0.15, 0.2) is 24.3 Å². The second-order valence-electron chi connectivity index (χ2n) is 6.40. The van der Waals surface area contributed by atoms with E-state index in [0.29, 0.717) is 5.91 Å². The van der Waals surface area contributed by atoms with E-state index in [1.165, 1.54) is 0 Å². The summed E-state index contributed by atoms with van der Waals surface area (Å²) in [6.07, 6.45) is 4.11. The van der Waals surface area contributed by atoms with Crippen molar-refractivity contribution in [3.05, 3.63) is 34.9 Å². The Balaban J connectivity index is 1.83. The molecule has 0 N–H and O–H groups in total. The molecule has 0 aromatic heterocycles. The zero-order chi connectivity index (χ0) is 14.9. The number of rotatable bonds is 2. The summed E-state index contributed by atoms with van der Waals surface area (Å²) in [6.45, 7) is 3.77. The zero-order valence-corrected chi connectivity index (χ0v) is 13.4. The van der Waals surface area contributed by atoms with Crippen molar-refractivity contribution in [2.75, 3.05) is 33.2 Å². The molecule has 1 saturated heterocycles. The van der Waals surface area contributed by atoms with E-state index in [4.69, 9.17) is 11.6 Å². The minimum atomic E-state index is -0.312. The first-order chi connectivity index (χ1) is 10.1. The van der Waals surface area contributed by atoms with Crippen molar-refractivity contribution < 1.29 is 4.79 Å². The molecule has 1 aliphatic carbocycles. The molecule has 1 amide bonds. The summed E-state index contributed by atoms with van der Waals surface area (Å²) < 4.78 is 0. The lowest BCUT2D eigenvalue weighted by atomic mass is 9.63. The Bertz CT molecular complexity index is 527. The number of likely N-dealkylation sites (N-methyl/N-ethyl adjacent to an activating group) is 1. The van der Waals surface area contributed by atoms with Gasteiger partial charge in [0.15, 0.2) is 0 Å². The van der Waals surface area contributed by atoms with Gasteiger partial charge in [0.2, 0.25) is 5.91 Å². The lowest BCUT2D eigenvalue weighted by molar-refractivity contribution is -0.140. The quantitative estimate of drug-likeness (QED) is 0.839. The second-order valence-corrected chi connectivity index (χ2v) is 6.83. The fourth-order valence-electron chi connectivity index (χ4n) is 3.49. The number of benzene rings is 1. The van der Waals surface area contributed by atoms with Crippen LogP contribution in [-0.2, 0) is 10.2 Å². The first-order valence-electron chi connectivity index (χ1n) is 7.86. The Morgan fingerprint density at radius 1 is 1.14 bits per heavy atom. The number of amides is 1. The molecular formula is C17H23ClN2O. The number of carbonyl (C=O) groups is 1. The molecule has 0 spiro atoms. The van der Waals surface area contributed by atoms with Crippen LogP contribution in [0.2, 0.25) is 5.02 Å². The van der Waals surface area contributed by atoms with E-state index in [1.54, 1.807) is 0 Å². The summed E-state index contributed by atoms with van der Waals surface area (Å²) in [6, 6.07) is 7.87. The van der Waals surface area contributed by atoms with E-state index < -0.39 is 0 Å². The van der Waals surface area contributed by atoms with Crippen molar-refractivity contribution in [3.8, 4) is 0 Å². The molecule has 2 aliphatic rings. The molecule has 2 fully saturated rings. The van der Waals surface area contributed by atoms with E-state index in [1.807, 2.05) is 18.2 Å². The molecular weight excluding hydrogens is 284 g/mol. The SMILES string of the molecule is CN1CCCN(C(=O)C2(c3cccc(Cl)c3)CCC2)CC1. The standard InChI is InChI=1S/C17H23ClN2O/c1-19-9-4-10-20(12-11-19)16(21)17(7-3-8-17)14-5-2-6-15(18)13-14/h2,5-6,13H,3-4,7-12H2,1H3. The monoisotopic (exact) mass is 306 g/mol. The fourth-order valence-corrected chi connectivity index (χ4v) is 3.69. The molecule has 0 radical (unpaired) electrons. The summed E-state index contributed by atoms with van der Waals surface area (Å²) in [7, 11) is 2.13. The largest absolute Gasteiger partial charge is 0.341 e. The average Bonchev–Trinajstić information content (AvgIpc) is 2.62. The third-order valence-corrected chi connectivity index (χ3v) is 5.24. The van der Waals surface area contributed by atoms with E-state index >= 15 is 0 Å². The molecule has 1 saturated carbocycles. The Kier molecular flexibility index (Phi) is 4.23. The van der Waals surface area contributed by atoms with Crippen molar-refractivity contribution in [3.63, 3.8) is 0 Å². The Labute approximate surface area is 131 Å². The highest BCUT2D eigenvalue weighted by Crippen LogP contribution is 2.45. The molecule has 21 heavy (non-hydrogen) atoms. The summed E-state index contributed by atoms with van der Waals surface area (Å²) >= 11 is 6.14. The normalized spacial score (nSPS) is 22.5. The molecule has 0 bridgehead atoms. The maximum atomic E-state index is 13.1. The van der Waals surface area contributed by atoms with E-state index in [-0.39, 0.29) is 5.41 Å². The van der Waals surface area contributed by atoms with Gasteiger partial charge in [0, 0.05) is 24.7 Å². The maximum Gasteiger partial charge on any atom is 0.233 e. The molecule has 114 valence electrons. The second kappa shape index (κ2) is 5.98. The van der Waals surface area contributed by atoms with Gasteiger partial charge in [-0.1, -0.05) is 30.2 Å². The zero-order valence-electron chi connectivity index (χ0n) is 12.6. The fraction of sp³-hybridized carbons (Fsp3) is 0.588. The van der Waals surface area contributed by atoms with Crippen LogP contribution in [0.5, 0.6) is 0 Å². The molecule has 4 heteroatoms. The van der Waals surface area contributed by atoms with Crippen LogP contribution in [0.4, 0.5) is 0 Å². The minimum Gasteiger partial charge on any atom is -0.341 e. The van der Waals surface area contributed by atoms with Crippen molar-refractivity contribution in [2.24, 2.45) is 0 Å². The van der Waals surface area contributed by atoms with Gasteiger partial charge in [-0.3, -0.25) is 4.79 Å². The van der Waals surface area contributed by atoms with Crippen molar-refractivity contribution in [1.82, 2.24) is 9.80 Å². The molecule has 0 atom stereocenters. The molecule has 1 aromatic carbocycles. The van der Waals surface area contributed by atoms with E-state index in [9.17, 15) is 4.79 Å². The predicted molar refractivity (Wildman–Crippen MR) is 85.7 cm³/mol. The number of hydrogen-bond donors (Lipinski definition) is 0. The summed E-state index contributed by atoms with van der Waals surface area (Å²) in [4.78, 5) is 17.5. The van der Waals surface area contributed by atoms with Gasteiger partial charge in [-0.25, -0.2) is 0 Å². The van der Waals surface area contributed by atoms with Gasteiger partial charge in [0.05, 0.1) is 5.41 Å². The smallest absolute Gasteiger partial charge is 0.233 e. The van der Waals surface area contributed by atoms with Gasteiger partial charge < -0.3 is 9.80 Å². The van der Waals surface area contributed by atoms with Gasteiger partial charge in [-0.05, 0) is 50.6 Å². The first-order valence-corrected chi connectivity index (χ1v) is 8.24. The van der Waals surface area contributed by atoms with E-state index in [0.717, 1.165) is 62.4 Å². The van der Waals surface area contributed by atoms with Crippen LogP contribution >= 0.6 is 11.6 Å². The summed E-state index contributed by atoms with van der Waals surface area (Å²) in [5.74, 6) is 0.311. The number of hydrogen-bond acceptors (Lipinski definition) is 2. The third-order valence-electron chi connectivity index (χ3n) is 5.00. The highest BCUT2D eigenvalue weighted by Gasteiger charge is 2.47. The van der Waals surface area contributed by atoms with Crippen LogP contribution in [0, 0.1) is 0 Å². The van der Waals surface area contributed by atoms with Crippen molar-refractivity contribution in [1.29, 1.82) is 0 Å². The Hall–Kier alpha value is -1.06. The third kappa shape index (κ3) is 2.82. The van der Waals surface area contributed by atoms with Crippen molar-refractivity contribution >= 4 is 17.5 Å². The van der Waals surface area contributed by atoms with Gasteiger partial charge in [0.1, 0.15) is 0 Å². The van der Waals surface area contributed by atoms with E-state index in [2.05, 4.69) is 22.9 Å². The number of halogens is 1. The molecule has 3 nitrogen and oxygen atoms in total. The molecule has 1 heterocycles. The highest BCUT2D eigenvalue weighted by molar-refractivity contribution is 6.30. The minimum absolute atomic E-state index is 0.311. The Morgan fingerprint density at radius 2 is 1.95 bits per heavy atom. The Morgan fingerprint density at radius 3 is 2.62 bits per heavy atom. The number of carbonyl (C=O) groups excluding carboxylic acids is 1.